The molecule has 4 nitrogen and oxygen atoms in total. The number of halogens is 4. The Morgan fingerprint density at radius 3 is 2.17 bits per heavy atom. The predicted octanol–water partition coefficient (Wildman–Crippen LogP) is 6.82. The van der Waals surface area contributed by atoms with Crippen molar-refractivity contribution in [1.29, 1.82) is 0 Å². The van der Waals surface area contributed by atoms with Gasteiger partial charge < -0.3 is 10.1 Å². The van der Waals surface area contributed by atoms with Crippen molar-refractivity contribution in [3.63, 3.8) is 0 Å². The average molecular weight is 496 g/mol. The molecule has 4 aromatic rings. The van der Waals surface area contributed by atoms with Gasteiger partial charge in [-0.15, -0.1) is 0 Å². The maximum Gasteiger partial charge on any atom is 0.315 e. The van der Waals surface area contributed by atoms with E-state index in [1.165, 1.54) is 48.5 Å². The van der Waals surface area contributed by atoms with E-state index in [1.807, 2.05) is 0 Å². The van der Waals surface area contributed by atoms with Gasteiger partial charge in [0, 0.05) is 22.3 Å². The summed E-state index contributed by atoms with van der Waals surface area (Å²) in [5.41, 5.74) is 1.25. The molecule has 35 heavy (non-hydrogen) atoms. The van der Waals surface area contributed by atoms with Crippen LogP contribution in [0.3, 0.4) is 0 Å². The largest absolute Gasteiger partial charge is 0.425 e. The molecule has 0 fully saturated rings. The van der Waals surface area contributed by atoms with E-state index in [0.717, 1.165) is 12.1 Å². The summed E-state index contributed by atoms with van der Waals surface area (Å²) in [5.74, 6) is -3.35. The van der Waals surface area contributed by atoms with Crippen molar-refractivity contribution < 1.29 is 27.5 Å². The first-order valence-corrected chi connectivity index (χ1v) is 10.8. The first-order chi connectivity index (χ1) is 16.8. The zero-order valence-electron chi connectivity index (χ0n) is 18.0. The Morgan fingerprint density at radius 1 is 0.800 bits per heavy atom. The van der Waals surface area contributed by atoms with Gasteiger partial charge in [0.2, 0.25) is 0 Å². The topological polar surface area (TPSA) is 55.4 Å². The van der Waals surface area contributed by atoms with Crippen LogP contribution in [0.4, 0.5) is 18.9 Å². The molecule has 0 radical (unpaired) electrons. The molecule has 4 aromatic carbocycles. The monoisotopic (exact) mass is 495 g/mol. The minimum atomic E-state index is -0.810. The zero-order valence-corrected chi connectivity index (χ0v) is 18.8. The van der Waals surface area contributed by atoms with Gasteiger partial charge in [0.05, 0.1) is 12.0 Å². The molecule has 0 saturated heterocycles. The summed E-state index contributed by atoms with van der Waals surface area (Å²) in [6.45, 7) is 0. The highest BCUT2D eigenvalue weighted by Gasteiger charge is 2.19. The van der Waals surface area contributed by atoms with Gasteiger partial charge in [0.25, 0.3) is 5.91 Å². The van der Waals surface area contributed by atoms with Crippen LogP contribution in [0, 0.1) is 17.5 Å². The van der Waals surface area contributed by atoms with E-state index in [2.05, 4.69) is 5.32 Å². The van der Waals surface area contributed by atoms with Crippen molar-refractivity contribution in [1.82, 2.24) is 0 Å². The molecule has 0 atom stereocenters. The molecule has 0 spiro atoms. The standard InChI is InChI=1S/C27H17ClF3NO3/c28-18-4-9-21(10-5-18)32-27(34)23-14-17(22-11-8-20(30)15-24(22)31)3-12-25(23)35-26(33)13-16-1-6-19(29)7-2-16/h1-12,14-15H,13H2,(H,32,34). The van der Waals surface area contributed by atoms with Gasteiger partial charge in [0.1, 0.15) is 23.2 Å². The molecule has 0 bridgehead atoms. The molecule has 0 saturated carbocycles. The number of carbonyl (C=O) groups excluding carboxylic acids is 2. The first kappa shape index (κ1) is 24.0. The van der Waals surface area contributed by atoms with Crippen LogP contribution in [0.25, 0.3) is 11.1 Å². The summed E-state index contributed by atoms with van der Waals surface area (Å²) in [5, 5.41) is 3.15. The van der Waals surface area contributed by atoms with Crippen LogP contribution in [0.1, 0.15) is 15.9 Å². The Hall–Kier alpha value is -4.10. The fourth-order valence-electron chi connectivity index (χ4n) is 3.35. The second-order valence-electron chi connectivity index (χ2n) is 7.57. The Labute approximate surface area is 203 Å². The van der Waals surface area contributed by atoms with E-state index in [1.54, 1.807) is 24.3 Å². The lowest BCUT2D eigenvalue weighted by atomic mass is 10.0. The summed E-state index contributed by atoms with van der Waals surface area (Å²) in [7, 11) is 0. The van der Waals surface area contributed by atoms with Gasteiger partial charge in [-0.2, -0.15) is 0 Å². The Balaban J connectivity index is 1.65. The van der Waals surface area contributed by atoms with Crippen molar-refractivity contribution in [2.75, 3.05) is 5.32 Å². The van der Waals surface area contributed by atoms with Crippen molar-refractivity contribution >= 4 is 29.2 Å². The lowest BCUT2D eigenvalue weighted by molar-refractivity contribution is -0.133. The molecule has 1 amide bonds. The van der Waals surface area contributed by atoms with Crippen LogP contribution in [0.2, 0.25) is 5.02 Å². The molecule has 0 heterocycles. The molecule has 8 heteroatoms. The molecule has 0 aliphatic carbocycles. The minimum Gasteiger partial charge on any atom is -0.425 e. The quantitative estimate of drug-likeness (QED) is 0.236. The number of rotatable bonds is 6. The van der Waals surface area contributed by atoms with Gasteiger partial charge in [-0.25, -0.2) is 13.2 Å². The number of carbonyl (C=O) groups is 2. The summed E-state index contributed by atoms with van der Waals surface area (Å²) < 4.78 is 46.3. The van der Waals surface area contributed by atoms with Crippen LogP contribution < -0.4 is 10.1 Å². The number of ether oxygens (including phenoxy) is 1. The van der Waals surface area contributed by atoms with Gasteiger partial charge >= 0.3 is 5.97 Å². The van der Waals surface area contributed by atoms with Crippen LogP contribution in [0.5, 0.6) is 5.75 Å². The average Bonchev–Trinajstić information content (AvgIpc) is 2.82. The number of esters is 1. The molecule has 0 aliphatic rings. The molecular weight excluding hydrogens is 479 g/mol. The highest BCUT2D eigenvalue weighted by atomic mass is 35.5. The molecule has 0 unspecified atom stereocenters. The minimum absolute atomic E-state index is 0.0476. The van der Waals surface area contributed by atoms with Crippen LogP contribution in [-0.4, -0.2) is 11.9 Å². The summed E-state index contributed by atoms with van der Waals surface area (Å²) in [4.78, 5) is 25.6. The second kappa shape index (κ2) is 10.4. The zero-order chi connectivity index (χ0) is 24.9. The lowest BCUT2D eigenvalue weighted by Crippen LogP contribution is -2.17. The van der Waals surface area contributed by atoms with Gasteiger partial charge in [-0.3, -0.25) is 9.59 Å². The molecule has 0 aliphatic heterocycles. The van der Waals surface area contributed by atoms with E-state index in [4.69, 9.17) is 16.3 Å². The lowest BCUT2D eigenvalue weighted by Gasteiger charge is -2.13. The molecule has 0 aromatic heterocycles. The maximum absolute atomic E-state index is 14.4. The normalized spacial score (nSPS) is 10.6. The third-order valence-corrected chi connectivity index (χ3v) is 5.31. The second-order valence-corrected chi connectivity index (χ2v) is 8.01. The van der Waals surface area contributed by atoms with Crippen molar-refractivity contribution in [3.8, 4) is 16.9 Å². The Kier molecular flexibility index (Phi) is 7.17. The van der Waals surface area contributed by atoms with Crippen LogP contribution >= 0.6 is 11.6 Å². The number of hydrogen-bond donors (Lipinski definition) is 1. The highest BCUT2D eigenvalue weighted by Crippen LogP contribution is 2.30. The Morgan fingerprint density at radius 2 is 1.49 bits per heavy atom. The first-order valence-electron chi connectivity index (χ1n) is 10.4. The van der Waals surface area contributed by atoms with Crippen molar-refractivity contribution in [2.24, 2.45) is 0 Å². The molecule has 1 N–H and O–H groups in total. The van der Waals surface area contributed by atoms with E-state index < -0.39 is 29.3 Å². The maximum atomic E-state index is 14.4. The third kappa shape index (κ3) is 6.07. The van der Waals surface area contributed by atoms with Gasteiger partial charge in [-0.1, -0.05) is 29.8 Å². The van der Waals surface area contributed by atoms with Crippen LogP contribution in [-0.2, 0) is 11.2 Å². The third-order valence-electron chi connectivity index (χ3n) is 5.05. The van der Waals surface area contributed by atoms with Crippen molar-refractivity contribution in [3.05, 3.63) is 119 Å². The summed E-state index contributed by atoms with van der Waals surface area (Å²) in [6.07, 6.45) is -0.160. The Bertz CT molecular complexity index is 1390. The number of nitrogens with one attached hydrogen (secondary N) is 1. The molecule has 4 rings (SSSR count). The fourth-order valence-corrected chi connectivity index (χ4v) is 3.47. The summed E-state index contributed by atoms with van der Waals surface area (Å²) >= 11 is 5.88. The van der Waals surface area contributed by atoms with E-state index >= 15 is 0 Å². The van der Waals surface area contributed by atoms with E-state index in [9.17, 15) is 22.8 Å². The fraction of sp³-hybridized carbons (Fsp3) is 0.0370. The molecule has 176 valence electrons. The summed E-state index contributed by atoms with van der Waals surface area (Å²) in [6, 6.07) is 18.9. The number of benzene rings is 4. The molecular formula is C27H17ClF3NO3. The van der Waals surface area contributed by atoms with Gasteiger partial charge in [-0.05, 0) is 71.8 Å². The smallest absolute Gasteiger partial charge is 0.315 e. The van der Waals surface area contributed by atoms with Crippen molar-refractivity contribution in [2.45, 2.75) is 6.42 Å². The highest BCUT2D eigenvalue weighted by molar-refractivity contribution is 6.30. The number of amides is 1. The predicted molar refractivity (Wildman–Crippen MR) is 127 cm³/mol. The number of hydrogen-bond acceptors (Lipinski definition) is 3. The van der Waals surface area contributed by atoms with E-state index in [-0.39, 0.29) is 28.9 Å². The number of anilines is 1. The van der Waals surface area contributed by atoms with Gasteiger partial charge in [0.15, 0.2) is 0 Å². The SMILES string of the molecule is O=C(Cc1ccc(F)cc1)Oc1ccc(-c2ccc(F)cc2F)cc1C(=O)Nc1ccc(Cl)cc1. The van der Waals surface area contributed by atoms with E-state index in [0.29, 0.717) is 16.3 Å². The van der Waals surface area contributed by atoms with Crippen LogP contribution in [0.15, 0.2) is 84.9 Å².